The largest absolute Gasteiger partial charge is 0.509 e. The van der Waals surface area contributed by atoms with Crippen LogP contribution in [0.4, 0.5) is 22.7 Å². The maximum atomic E-state index is 7.13. The SMILES string of the molecule is CC(C)c1cccc(C(C)C)c1-c1ccc2c(c1)N(c1[c-]c(Oc3[c-]c4c(cc3)c3cc(C(C)(C)C)ccc3n4-c3cc(C(C)(C)C)ccn3)cc(C(C)(C)c3ccccc3)c1)[CH-]N2c1cccc(C(C)(C)C)c1.[Pt]. The molecular weight excluding hydrogens is 1100 g/mol. The molecule has 9 aromatic rings. The molecule has 0 aliphatic carbocycles. The molecule has 0 atom stereocenters. The summed E-state index contributed by atoms with van der Waals surface area (Å²) in [6, 6.07) is 61.1. The third kappa shape index (κ3) is 10.2. The predicted octanol–water partition coefficient (Wildman–Crippen LogP) is 19.1. The van der Waals surface area contributed by atoms with Gasteiger partial charge in [-0.1, -0.05) is 188 Å². The van der Waals surface area contributed by atoms with Gasteiger partial charge in [0.2, 0.25) is 0 Å². The van der Waals surface area contributed by atoms with E-state index in [-0.39, 0.29) is 37.3 Å². The van der Waals surface area contributed by atoms with Gasteiger partial charge in [0.05, 0.1) is 0 Å². The molecule has 6 heteroatoms. The Kier molecular flexibility index (Phi) is 14.2. The number of fused-ring (bicyclic) bond motifs is 4. The van der Waals surface area contributed by atoms with Crippen LogP contribution < -0.4 is 14.5 Å². The van der Waals surface area contributed by atoms with Gasteiger partial charge in [-0.15, -0.1) is 53.6 Å². The number of hydrogen-bond donors (Lipinski definition) is 0. The summed E-state index contributed by atoms with van der Waals surface area (Å²) in [5.41, 5.74) is 17.0. The van der Waals surface area contributed by atoms with Crippen LogP contribution in [-0.4, -0.2) is 9.55 Å². The first-order chi connectivity index (χ1) is 35.0. The summed E-state index contributed by atoms with van der Waals surface area (Å²) in [6.07, 6.45) is 1.93. The number of nitrogens with zero attached hydrogens (tertiary/aromatic N) is 4. The molecule has 2 aromatic heterocycles. The van der Waals surface area contributed by atoms with E-state index < -0.39 is 5.41 Å². The van der Waals surface area contributed by atoms with Crippen molar-refractivity contribution in [1.82, 2.24) is 9.55 Å². The molecule has 0 saturated carbocycles. The molecule has 0 unspecified atom stereocenters. The maximum Gasteiger partial charge on any atom is 0.135 e. The fourth-order valence-electron chi connectivity index (χ4n) is 10.6. The van der Waals surface area contributed by atoms with Gasteiger partial charge in [-0.05, 0) is 126 Å². The molecule has 0 saturated heterocycles. The number of aromatic nitrogens is 2. The smallest absolute Gasteiger partial charge is 0.135 e. The molecule has 3 heterocycles. The molecule has 1 aliphatic heterocycles. The molecule has 7 aromatic carbocycles. The van der Waals surface area contributed by atoms with Crippen LogP contribution in [0.2, 0.25) is 0 Å². The Bertz CT molecular complexity index is 3540. The van der Waals surface area contributed by atoms with Crippen molar-refractivity contribution >= 4 is 44.6 Å². The Morgan fingerprint density at radius 1 is 0.507 bits per heavy atom. The number of hydrogen-bond acceptors (Lipinski definition) is 4. The molecule has 1 aliphatic rings. The van der Waals surface area contributed by atoms with Gasteiger partial charge in [0.15, 0.2) is 0 Å². The zero-order valence-corrected chi connectivity index (χ0v) is 49.0. The summed E-state index contributed by atoms with van der Waals surface area (Å²) in [5, 5.41) is 2.26. The van der Waals surface area contributed by atoms with Gasteiger partial charge in [0.1, 0.15) is 5.82 Å². The minimum atomic E-state index is -0.398. The van der Waals surface area contributed by atoms with Crippen molar-refractivity contribution in [3.63, 3.8) is 0 Å². The third-order valence-electron chi connectivity index (χ3n) is 15.3. The van der Waals surface area contributed by atoms with Crippen molar-refractivity contribution in [3.05, 3.63) is 210 Å². The Balaban J connectivity index is 0.00000689. The Morgan fingerprint density at radius 2 is 1.15 bits per heavy atom. The summed E-state index contributed by atoms with van der Waals surface area (Å²) in [6.45, 7) is 36.4. The van der Waals surface area contributed by atoms with Crippen molar-refractivity contribution < 1.29 is 25.8 Å². The first kappa shape index (κ1) is 53.4. The molecule has 0 radical (unpaired) electrons. The molecular formula is C69H73N4OPt-3. The molecule has 75 heavy (non-hydrogen) atoms. The Labute approximate surface area is 462 Å². The minimum absolute atomic E-state index is 0. The van der Waals surface area contributed by atoms with Crippen LogP contribution in [0, 0.1) is 18.8 Å². The average Bonchev–Trinajstić information content (AvgIpc) is 3.91. The van der Waals surface area contributed by atoms with Crippen LogP contribution in [0.5, 0.6) is 11.5 Å². The zero-order chi connectivity index (χ0) is 52.6. The second-order valence-corrected chi connectivity index (χ2v) is 24.7. The topological polar surface area (TPSA) is 33.5 Å². The fraction of sp³-hybridized carbons (Fsp3) is 0.304. The number of rotatable bonds is 10. The van der Waals surface area contributed by atoms with E-state index in [0.717, 1.165) is 55.9 Å². The van der Waals surface area contributed by atoms with Crippen LogP contribution in [0.25, 0.3) is 38.8 Å². The first-order valence-corrected chi connectivity index (χ1v) is 26.6. The van der Waals surface area contributed by atoms with Crippen molar-refractivity contribution in [2.45, 2.75) is 137 Å². The predicted molar refractivity (Wildman–Crippen MR) is 313 cm³/mol. The number of anilines is 4. The molecule has 0 amide bonds. The summed E-state index contributed by atoms with van der Waals surface area (Å²) in [7, 11) is 0. The minimum Gasteiger partial charge on any atom is -0.509 e. The monoisotopic (exact) mass is 1170 g/mol. The standard InChI is InChI=1S/C69H73N4O.Pt/c1-44(2)56-25-20-26-57(45(3)4)65(56)46-27-31-61-63(35-46)72(43-71(61)52-24-19-23-48(36-52)66(5,6)7)53-37-51(69(14,15)47-21-17-16-18-22-47)38-55(41-53)74-54-29-30-58-59-39-49(67(8,9)10)28-32-60(59)73(62(58)42-54)64-40-50(33-34-70-64)68(11,12)13;/h16-40,43-45H,1-15H3;/q-3;. The number of benzene rings is 7. The van der Waals surface area contributed by atoms with Gasteiger partial charge >= 0.3 is 0 Å². The summed E-state index contributed by atoms with van der Waals surface area (Å²) < 4.78 is 9.38. The molecule has 0 spiro atoms. The van der Waals surface area contributed by atoms with Crippen LogP contribution in [-0.2, 0) is 42.7 Å². The van der Waals surface area contributed by atoms with E-state index in [9.17, 15) is 0 Å². The summed E-state index contributed by atoms with van der Waals surface area (Å²) >= 11 is 0. The van der Waals surface area contributed by atoms with Crippen molar-refractivity contribution in [1.29, 1.82) is 0 Å². The third-order valence-corrected chi connectivity index (χ3v) is 15.3. The second kappa shape index (κ2) is 19.9. The molecule has 0 fully saturated rings. The van der Waals surface area contributed by atoms with E-state index in [1.165, 1.54) is 44.5 Å². The van der Waals surface area contributed by atoms with Crippen LogP contribution in [0.1, 0.15) is 155 Å². The van der Waals surface area contributed by atoms with E-state index in [1.807, 2.05) is 6.20 Å². The van der Waals surface area contributed by atoms with Crippen molar-refractivity contribution in [2.75, 3.05) is 9.80 Å². The van der Waals surface area contributed by atoms with E-state index in [4.69, 9.17) is 9.72 Å². The first-order valence-electron chi connectivity index (χ1n) is 26.6. The molecule has 10 rings (SSSR count). The van der Waals surface area contributed by atoms with E-state index in [2.05, 4.69) is 283 Å². The molecule has 388 valence electrons. The van der Waals surface area contributed by atoms with Crippen LogP contribution in [0.15, 0.2) is 152 Å². The number of pyridine rings is 1. The second-order valence-electron chi connectivity index (χ2n) is 24.7. The number of ether oxygens (including phenoxy) is 1. The van der Waals surface area contributed by atoms with Crippen molar-refractivity contribution in [3.8, 4) is 28.4 Å². The Morgan fingerprint density at radius 3 is 1.81 bits per heavy atom. The van der Waals surface area contributed by atoms with Gasteiger partial charge in [-0.2, -0.15) is 6.07 Å². The fourth-order valence-corrected chi connectivity index (χ4v) is 10.6. The average molecular weight is 1170 g/mol. The van der Waals surface area contributed by atoms with E-state index >= 15 is 0 Å². The van der Waals surface area contributed by atoms with Crippen LogP contribution in [0.3, 0.4) is 0 Å². The molecule has 0 bridgehead atoms. The normalized spacial score (nSPS) is 13.3. The summed E-state index contributed by atoms with van der Waals surface area (Å²) in [4.78, 5) is 9.66. The maximum absolute atomic E-state index is 7.13. The molecule has 0 N–H and O–H groups in total. The summed E-state index contributed by atoms with van der Waals surface area (Å²) in [5.74, 6) is 2.76. The van der Waals surface area contributed by atoms with Gasteiger partial charge in [0.25, 0.3) is 0 Å². The van der Waals surface area contributed by atoms with Gasteiger partial charge in [0, 0.05) is 61.3 Å². The Hall–Kier alpha value is -6.42. The van der Waals surface area contributed by atoms with Crippen LogP contribution >= 0.6 is 0 Å². The van der Waals surface area contributed by atoms with E-state index in [0.29, 0.717) is 23.3 Å². The van der Waals surface area contributed by atoms with E-state index in [1.54, 1.807) is 0 Å². The van der Waals surface area contributed by atoms with Gasteiger partial charge in [-0.3, -0.25) is 0 Å². The van der Waals surface area contributed by atoms with Crippen molar-refractivity contribution in [2.24, 2.45) is 0 Å². The zero-order valence-electron chi connectivity index (χ0n) is 46.7. The van der Waals surface area contributed by atoms with Gasteiger partial charge < -0.3 is 19.1 Å². The quantitative estimate of drug-likeness (QED) is 0.128. The molecule has 5 nitrogen and oxygen atoms in total. The van der Waals surface area contributed by atoms with Gasteiger partial charge in [-0.25, -0.2) is 4.98 Å².